The van der Waals surface area contributed by atoms with E-state index in [0.29, 0.717) is 5.03 Å². The standard InChI is InChI=1S/C7H7ClO2/c1-10-7(9)5-3-2-4-6(5)8/h2-5H,1H3/t5-/m0/s1. The van der Waals surface area contributed by atoms with Crippen LogP contribution in [0.1, 0.15) is 0 Å². The predicted molar refractivity (Wildman–Crippen MR) is 38.6 cm³/mol. The highest BCUT2D eigenvalue weighted by atomic mass is 35.5. The van der Waals surface area contributed by atoms with E-state index in [1.165, 1.54) is 7.11 Å². The Morgan fingerprint density at radius 3 is 2.90 bits per heavy atom. The van der Waals surface area contributed by atoms with E-state index in [9.17, 15) is 4.79 Å². The summed E-state index contributed by atoms with van der Waals surface area (Å²) in [5, 5.41) is 0.520. The van der Waals surface area contributed by atoms with Gasteiger partial charge < -0.3 is 4.74 Å². The molecule has 0 aromatic rings. The largest absolute Gasteiger partial charge is 0.468 e. The van der Waals surface area contributed by atoms with E-state index in [4.69, 9.17) is 11.6 Å². The lowest BCUT2D eigenvalue weighted by Gasteiger charge is -2.03. The number of methoxy groups -OCH3 is 1. The average molecular weight is 159 g/mol. The van der Waals surface area contributed by atoms with Gasteiger partial charge in [-0.1, -0.05) is 23.8 Å². The van der Waals surface area contributed by atoms with E-state index in [1.807, 2.05) is 0 Å². The van der Waals surface area contributed by atoms with Crippen LogP contribution >= 0.6 is 11.6 Å². The molecule has 0 amide bonds. The van der Waals surface area contributed by atoms with E-state index >= 15 is 0 Å². The number of carbonyl (C=O) groups excluding carboxylic acids is 1. The lowest BCUT2D eigenvalue weighted by molar-refractivity contribution is -0.142. The molecule has 0 radical (unpaired) electrons. The first-order chi connectivity index (χ1) is 4.75. The number of halogens is 1. The Labute approximate surface area is 64.1 Å². The van der Waals surface area contributed by atoms with Crippen LogP contribution in [-0.2, 0) is 9.53 Å². The van der Waals surface area contributed by atoms with Crippen molar-refractivity contribution in [2.75, 3.05) is 7.11 Å². The summed E-state index contributed by atoms with van der Waals surface area (Å²) in [7, 11) is 1.35. The average Bonchev–Trinajstić information content (AvgIpc) is 2.34. The summed E-state index contributed by atoms with van der Waals surface area (Å²) in [4.78, 5) is 10.8. The summed E-state index contributed by atoms with van der Waals surface area (Å²) >= 11 is 5.65. The molecular weight excluding hydrogens is 152 g/mol. The van der Waals surface area contributed by atoms with Crippen LogP contribution in [0.2, 0.25) is 0 Å². The van der Waals surface area contributed by atoms with Crippen molar-refractivity contribution >= 4 is 17.6 Å². The topological polar surface area (TPSA) is 26.3 Å². The Morgan fingerprint density at radius 1 is 1.80 bits per heavy atom. The van der Waals surface area contributed by atoms with E-state index in [1.54, 1.807) is 18.2 Å². The van der Waals surface area contributed by atoms with E-state index < -0.39 is 0 Å². The fourth-order valence-corrected chi connectivity index (χ4v) is 1.01. The molecule has 0 aromatic carbocycles. The number of hydrogen-bond donors (Lipinski definition) is 0. The summed E-state index contributed by atoms with van der Waals surface area (Å²) in [6, 6.07) is 0. The number of carbonyl (C=O) groups is 1. The molecule has 10 heavy (non-hydrogen) atoms. The zero-order valence-corrected chi connectivity index (χ0v) is 6.26. The second kappa shape index (κ2) is 2.88. The van der Waals surface area contributed by atoms with Gasteiger partial charge in [0.05, 0.1) is 7.11 Å². The molecule has 1 aliphatic rings. The van der Waals surface area contributed by atoms with Gasteiger partial charge in [0.1, 0.15) is 5.92 Å². The minimum absolute atomic E-state index is 0.310. The number of hydrogen-bond acceptors (Lipinski definition) is 2. The van der Waals surface area contributed by atoms with Gasteiger partial charge in [0.2, 0.25) is 0 Å². The van der Waals surface area contributed by atoms with Crippen molar-refractivity contribution in [3.63, 3.8) is 0 Å². The third-order valence-electron chi connectivity index (χ3n) is 1.31. The first kappa shape index (κ1) is 7.35. The van der Waals surface area contributed by atoms with Crippen molar-refractivity contribution in [2.45, 2.75) is 0 Å². The van der Waals surface area contributed by atoms with Crippen molar-refractivity contribution in [2.24, 2.45) is 5.92 Å². The zero-order valence-electron chi connectivity index (χ0n) is 5.50. The lowest BCUT2D eigenvalue weighted by atomic mass is 10.2. The lowest BCUT2D eigenvalue weighted by Crippen LogP contribution is -2.12. The molecule has 0 spiro atoms. The van der Waals surface area contributed by atoms with Gasteiger partial charge in [-0.25, -0.2) is 0 Å². The van der Waals surface area contributed by atoms with Crippen LogP contribution in [0.4, 0.5) is 0 Å². The van der Waals surface area contributed by atoms with Crippen LogP contribution in [0.15, 0.2) is 23.3 Å². The van der Waals surface area contributed by atoms with E-state index in [2.05, 4.69) is 4.74 Å². The summed E-state index contributed by atoms with van der Waals surface area (Å²) < 4.78 is 4.49. The van der Waals surface area contributed by atoms with E-state index in [0.717, 1.165) is 0 Å². The van der Waals surface area contributed by atoms with Crippen LogP contribution in [0, 0.1) is 5.92 Å². The normalized spacial score (nSPS) is 22.6. The molecule has 54 valence electrons. The summed E-state index contributed by atoms with van der Waals surface area (Å²) in [6.07, 6.45) is 5.13. The van der Waals surface area contributed by atoms with Gasteiger partial charge >= 0.3 is 5.97 Å². The van der Waals surface area contributed by atoms with Crippen molar-refractivity contribution in [3.05, 3.63) is 23.3 Å². The highest BCUT2D eigenvalue weighted by molar-refractivity contribution is 6.31. The molecule has 0 N–H and O–H groups in total. The van der Waals surface area contributed by atoms with Gasteiger partial charge in [-0.3, -0.25) is 4.79 Å². The third kappa shape index (κ3) is 1.21. The monoisotopic (exact) mass is 158 g/mol. The third-order valence-corrected chi connectivity index (χ3v) is 1.67. The molecule has 3 heteroatoms. The predicted octanol–water partition coefficient (Wildman–Crippen LogP) is 1.47. The fraction of sp³-hybridized carbons (Fsp3) is 0.286. The zero-order chi connectivity index (χ0) is 7.56. The van der Waals surface area contributed by atoms with Crippen LogP contribution < -0.4 is 0 Å². The van der Waals surface area contributed by atoms with Crippen molar-refractivity contribution in [1.29, 1.82) is 0 Å². The Kier molecular flexibility index (Phi) is 2.12. The first-order valence-corrected chi connectivity index (χ1v) is 3.25. The quantitative estimate of drug-likeness (QED) is 0.541. The number of esters is 1. The summed E-state index contributed by atoms with van der Waals surface area (Å²) in [5.41, 5.74) is 0. The molecule has 1 rings (SSSR count). The van der Waals surface area contributed by atoms with E-state index in [-0.39, 0.29) is 11.9 Å². The highest BCUT2D eigenvalue weighted by Gasteiger charge is 2.21. The molecule has 0 aliphatic heterocycles. The maximum absolute atomic E-state index is 10.8. The molecule has 1 aliphatic carbocycles. The molecule has 1 atom stereocenters. The molecule has 2 nitrogen and oxygen atoms in total. The molecule has 0 saturated carbocycles. The summed E-state index contributed by atoms with van der Waals surface area (Å²) in [5.74, 6) is -0.679. The first-order valence-electron chi connectivity index (χ1n) is 2.87. The summed E-state index contributed by atoms with van der Waals surface area (Å²) in [6.45, 7) is 0. The smallest absolute Gasteiger partial charge is 0.317 e. The molecule has 0 aromatic heterocycles. The Morgan fingerprint density at radius 2 is 2.50 bits per heavy atom. The Hall–Kier alpha value is -0.760. The Bertz CT molecular complexity index is 206. The van der Waals surface area contributed by atoms with Crippen LogP contribution in [-0.4, -0.2) is 13.1 Å². The molecule has 0 heterocycles. The Balaban J connectivity index is 2.66. The molecule has 0 bridgehead atoms. The fourth-order valence-electron chi connectivity index (χ4n) is 0.772. The molecule has 0 fully saturated rings. The van der Waals surface area contributed by atoms with Crippen molar-refractivity contribution in [3.8, 4) is 0 Å². The van der Waals surface area contributed by atoms with Crippen LogP contribution in [0.3, 0.4) is 0 Å². The van der Waals surface area contributed by atoms with Gasteiger partial charge in [0.25, 0.3) is 0 Å². The minimum Gasteiger partial charge on any atom is -0.468 e. The van der Waals surface area contributed by atoms with Crippen molar-refractivity contribution in [1.82, 2.24) is 0 Å². The number of allylic oxidation sites excluding steroid dienone is 2. The van der Waals surface area contributed by atoms with Gasteiger partial charge in [0, 0.05) is 5.03 Å². The SMILES string of the molecule is COC(=O)[C@H]1C=CC=C1Cl. The van der Waals surface area contributed by atoms with Gasteiger partial charge in [-0.05, 0) is 6.08 Å². The van der Waals surface area contributed by atoms with Gasteiger partial charge in [-0.2, -0.15) is 0 Å². The molecule has 0 unspecified atom stereocenters. The highest BCUT2D eigenvalue weighted by Crippen LogP contribution is 2.23. The van der Waals surface area contributed by atoms with Gasteiger partial charge in [-0.15, -0.1) is 0 Å². The minimum atomic E-state index is -0.369. The van der Waals surface area contributed by atoms with Crippen LogP contribution in [0.5, 0.6) is 0 Å². The van der Waals surface area contributed by atoms with Crippen molar-refractivity contribution < 1.29 is 9.53 Å². The number of rotatable bonds is 1. The maximum atomic E-state index is 10.8. The molecule has 0 saturated heterocycles. The molecular formula is C7H7ClO2. The maximum Gasteiger partial charge on any atom is 0.317 e. The van der Waals surface area contributed by atoms with Crippen LogP contribution in [0.25, 0.3) is 0 Å². The second-order valence-corrected chi connectivity index (χ2v) is 2.37. The second-order valence-electron chi connectivity index (χ2n) is 1.94. The van der Waals surface area contributed by atoms with Gasteiger partial charge in [0.15, 0.2) is 0 Å². The number of ether oxygens (including phenoxy) is 1.